The summed E-state index contributed by atoms with van der Waals surface area (Å²) in [4.78, 5) is 22.5. The van der Waals surface area contributed by atoms with Crippen LogP contribution in [0, 0.1) is 30.9 Å². The summed E-state index contributed by atoms with van der Waals surface area (Å²) >= 11 is 0. The number of aryl methyl sites for hydroxylation is 3. The summed E-state index contributed by atoms with van der Waals surface area (Å²) in [7, 11) is -4.26. The molecular weight excluding hydrogens is 384 g/mol. The minimum Gasteiger partial charge on any atom is -0.465 e. The summed E-state index contributed by atoms with van der Waals surface area (Å²) in [5, 5.41) is 11.2. The average molecular weight is 406 g/mol. The molecule has 0 N–H and O–H groups in total. The van der Waals surface area contributed by atoms with Crippen LogP contribution >= 0.6 is 0 Å². The molecule has 8 nitrogen and oxygen atoms in total. The molecule has 0 aliphatic heterocycles. The van der Waals surface area contributed by atoms with Crippen molar-refractivity contribution >= 4 is 27.4 Å². The monoisotopic (exact) mass is 406 g/mol. The number of para-hydroxylation sites is 1. The van der Waals surface area contributed by atoms with E-state index in [0.717, 1.165) is 10.4 Å². The zero-order chi connectivity index (χ0) is 21.1. The minimum absolute atomic E-state index is 0.107. The van der Waals surface area contributed by atoms with Crippen molar-refractivity contribution in [2.45, 2.75) is 32.6 Å². The molecule has 9 heteroatoms. The van der Waals surface area contributed by atoms with Gasteiger partial charge in [-0.2, -0.15) is 0 Å². The van der Waals surface area contributed by atoms with Gasteiger partial charge in [-0.05, 0) is 44.9 Å². The number of nitro groups is 1. The number of rotatable bonds is 7. The van der Waals surface area contributed by atoms with Gasteiger partial charge in [-0.25, -0.2) is 8.42 Å². The van der Waals surface area contributed by atoms with Gasteiger partial charge in [0.05, 0.1) is 22.1 Å². The van der Waals surface area contributed by atoms with Crippen LogP contribution in [0.15, 0.2) is 41.3 Å². The Labute approximate surface area is 163 Å². The van der Waals surface area contributed by atoms with Crippen LogP contribution in [-0.2, 0) is 19.6 Å². The average Bonchev–Trinajstić information content (AvgIpc) is 2.60. The Morgan fingerprint density at radius 2 is 1.71 bits per heavy atom. The van der Waals surface area contributed by atoms with Crippen LogP contribution in [0.1, 0.15) is 23.6 Å². The maximum atomic E-state index is 13.4. The zero-order valence-electron chi connectivity index (χ0n) is 16.1. The molecule has 2 rings (SSSR count). The molecular formula is C19H22N2O6S. The van der Waals surface area contributed by atoms with Gasteiger partial charge in [-0.3, -0.25) is 19.2 Å². The minimum atomic E-state index is -4.26. The normalized spacial score (nSPS) is 11.1. The Hall–Kier alpha value is -2.94. The lowest BCUT2D eigenvalue weighted by atomic mass is 10.1. The molecule has 0 spiro atoms. The van der Waals surface area contributed by atoms with Crippen molar-refractivity contribution in [3.05, 3.63) is 63.2 Å². The van der Waals surface area contributed by atoms with E-state index in [2.05, 4.69) is 0 Å². The number of hydrogen-bond donors (Lipinski definition) is 0. The molecule has 0 unspecified atom stereocenters. The highest BCUT2D eigenvalue weighted by atomic mass is 32.2. The maximum absolute atomic E-state index is 13.4. The molecule has 2 aromatic rings. The van der Waals surface area contributed by atoms with Gasteiger partial charge in [-0.1, -0.05) is 24.3 Å². The van der Waals surface area contributed by atoms with E-state index in [-0.39, 0.29) is 17.2 Å². The van der Waals surface area contributed by atoms with Gasteiger partial charge in [0.2, 0.25) is 0 Å². The third-order valence-electron chi connectivity index (χ3n) is 4.23. The lowest BCUT2D eigenvalue weighted by molar-refractivity contribution is -0.385. The van der Waals surface area contributed by atoms with Crippen LogP contribution < -0.4 is 4.31 Å². The van der Waals surface area contributed by atoms with E-state index in [1.54, 1.807) is 39.0 Å². The molecule has 0 aliphatic rings. The molecule has 0 aliphatic carbocycles. The number of anilines is 1. The molecule has 0 amide bonds. The molecule has 150 valence electrons. The zero-order valence-corrected chi connectivity index (χ0v) is 16.9. The lowest BCUT2D eigenvalue weighted by Crippen LogP contribution is -2.37. The first-order valence-electron chi connectivity index (χ1n) is 8.59. The molecule has 0 atom stereocenters. The number of hydrogen-bond acceptors (Lipinski definition) is 6. The summed E-state index contributed by atoms with van der Waals surface area (Å²) in [6.07, 6.45) is 0. The number of carbonyl (C=O) groups excluding carboxylic acids is 1. The Morgan fingerprint density at radius 3 is 2.25 bits per heavy atom. The number of nitro benzene ring substituents is 1. The molecule has 0 aromatic heterocycles. The molecule has 0 heterocycles. The number of carbonyl (C=O) groups is 1. The first kappa shape index (κ1) is 21.4. The summed E-state index contributed by atoms with van der Waals surface area (Å²) < 4.78 is 32.6. The highest BCUT2D eigenvalue weighted by Gasteiger charge is 2.31. The molecule has 0 bridgehead atoms. The predicted molar refractivity (Wildman–Crippen MR) is 105 cm³/mol. The van der Waals surface area contributed by atoms with Crippen molar-refractivity contribution in [2.24, 2.45) is 0 Å². The second-order valence-electron chi connectivity index (χ2n) is 6.26. The second kappa shape index (κ2) is 8.39. The van der Waals surface area contributed by atoms with Crippen molar-refractivity contribution in [1.29, 1.82) is 0 Å². The van der Waals surface area contributed by atoms with E-state index in [0.29, 0.717) is 22.4 Å². The summed E-state index contributed by atoms with van der Waals surface area (Å²) in [5.74, 6) is -0.713. The van der Waals surface area contributed by atoms with E-state index >= 15 is 0 Å². The quantitative estimate of drug-likeness (QED) is 0.397. The van der Waals surface area contributed by atoms with Gasteiger partial charge in [0.1, 0.15) is 6.54 Å². The van der Waals surface area contributed by atoms with Gasteiger partial charge < -0.3 is 4.74 Å². The summed E-state index contributed by atoms with van der Waals surface area (Å²) in [6, 6.07) is 8.92. The van der Waals surface area contributed by atoms with Crippen LogP contribution in [-0.4, -0.2) is 32.5 Å². The van der Waals surface area contributed by atoms with E-state index in [1.165, 1.54) is 19.1 Å². The molecule has 0 saturated carbocycles. The van der Waals surface area contributed by atoms with Crippen molar-refractivity contribution in [3.8, 4) is 0 Å². The largest absolute Gasteiger partial charge is 0.465 e. The van der Waals surface area contributed by atoms with Crippen LogP contribution in [0.2, 0.25) is 0 Å². The Kier molecular flexibility index (Phi) is 6.40. The first-order chi connectivity index (χ1) is 13.1. The van der Waals surface area contributed by atoms with Gasteiger partial charge in [0.25, 0.3) is 15.7 Å². The molecule has 28 heavy (non-hydrogen) atoms. The molecule has 0 radical (unpaired) electrons. The van der Waals surface area contributed by atoms with Crippen molar-refractivity contribution in [2.75, 3.05) is 17.5 Å². The number of sulfonamides is 1. The lowest BCUT2D eigenvalue weighted by Gasteiger charge is -2.26. The standard InChI is InChI=1S/C19H22N2O6S/c1-5-27-18(22)12-20(19-14(3)7-6-8-15(19)4)28(25,26)16-10-9-13(2)17(11-16)21(23)24/h6-11H,5,12H2,1-4H3. The topological polar surface area (TPSA) is 107 Å². The van der Waals surface area contributed by atoms with Gasteiger partial charge >= 0.3 is 5.97 Å². The van der Waals surface area contributed by atoms with Crippen LogP contribution in [0.25, 0.3) is 0 Å². The first-order valence-corrected chi connectivity index (χ1v) is 10.0. The van der Waals surface area contributed by atoms with E-state index in [9.17, 15) is 23.3 Å². The molecule has 2 aromatic carbocycles. The van der Waals surface area contributed by atoms with Crippen LogP contribution in [0.5, 0.6) is 0 Å². The second-order valence-corrected chi connectivity index (χ2v) is 8.12. The number of nitrogens with zero attached hydrogens (tertiary/aromatic N) is 2. The van der Waals surface area contributed by atoms with Crippen molar-refractivity contribution < 1.29 is 22.9 Å². The molecule has 0 fully saturated rings. The van der Waals surface area contributed by atoms with E-state index in [1.807, 2.05) is 0 Å². The Morgan fingerprint density at radius 1 is 1.11 bits per heavy atom. The number of benzene rings is 2. The summed E-state index contributed by atoms with van der Waals surface area (Å²) in [5.41, 5.74) is 1.68. The van der Waals surface area contributed by atoms with Crippen LogP contribution in [0.3, 0.4) is 0 Å². The van der Waals surface area contributed by atoms with Crippen molar-refractivity contribution in [3.63, 3.8) is 0 Å². The fourth-order valence-corrected chi connectivity index (χ4v) is 4.44. The Balaban J connectivity index is 2.67. The summed E-state index contributed by atoms with van der Waals surface area (Å²) in [6.45, 7) is 6.18. The third-order valence-corrected chi connectivity index (χ3v) is 5.97. The third kappa shape index (κ3) is 4.30. The highest BCUT2D eigenvalue weighted by molar-refractivity contribution is 7.92. The van der Waals surface area contributed by atoms with Gasteiger partial charge in [0.15, 0.2) is 0 Å². The van der Waals surface area contributed by atoms with E-state index < -0.39 is 27.5 Å². The predicted octanol–water partition coefficient (Wildman–Crippen LogP) is 3.28. The molecule has 0 saturated heterocycles. The Bertz CT molecular complexity index is 997. The highest BCUT2D eigenvalue weighted by Crippen LogP contribution is 2.32. The van der Waals surface area contributed by atoms with E-state index in [4.69, 9.17) is 4.74 Å². The fourth-order valence-electron chi connectivity index (χ4n) is 2.88. The smallest absolute Gasteiger partial charge is 0.326 e. The van der Waals surface area contributed by atoms with Crippen LogP contribution in [0.4, 0.5) is 11.4 Å². The maximum Gasteiger partial charge on any atom is 0.326 e. The number of esters is 1. The number of ether oxygens (including phenoxy) is 1. The van der Waals surface area contributed by atoms with Crippen molar-refractivity contribution in [1.82, 2.24) is 0 Å². The fraction of sp³-hybridized carbons (Fsp3) is 0.316. The SMILES string of the molecule is CCOC(=O)CN(c1c(C)cccc1C)S(=O)(=O)c1ccc(C)c([N+](=O)[O-])c1. The van der Waals surface area contributed by atoms with Gasteiger partial charge in [-0.15, -0.1) is 0 Å². The van der Waals surface area contributed by atoms with Gasteiger partial charge in [0, 0.05) is 11.6 Å².